The third-order valence-corrected chi connectivity index (χ3v) is 4.46. The lowest BCUT2D eigenvalue weighted by Gasteiger charge is -2.17. The number of benzene rings is 2. The van der Waals surface area contributed by atoms with E-state index in [1.807, 2.05) is 30.3 Å². The standard InChI is InChI=1S/C19H23BrN2O/c1-3-18(15-8-10-17(20)11-9-15)21-13-19(23)22-12-16-7-5-4-6-14(16)2/h4-11,18,21H,3,12-13H2,1-2H3,(H,22,23)/t18-/m0/s1. The van der Waals surface area contributed by atoms with Gasteiger partial charge in [-0.15, -0.1) is 0 Å². The quantitative estimate of drug-likeness (QED) is 0.765. The van der Waals surface area contributed by atoms with Gasteiger partial charge in [-0.1, -0.05) is 59.3 Å². The summed E-state index contributed by atoms with van der Waals surface area (Å²) in [5.74, 6) is 0.0174. The smallest absolute Gasteiger partial charge is 0.234 e. The zero-order valence-electron chi connectivity index (χ0n) is 13.6. The van der Waals surface area contributed by atoms with Gasteiger partial charge in [0.1, 0.15) is 0 Å². The van der Waals surface area contributed by atoms with Crippen LogP contribution in [0, 0.1) is 6.92 Å². The number of hydrogen-bond donors (Lipinski definition) is 2. The molecule has 122 valence electrons. The molecule has 1 amide bonds. The molecule has 0 aliphatic carbocycles. The lowest BCUT2D eigenvalue weighted by atomic mass is 10.0. The van der Waals surface area contributed by atoms with Gasteiger partial charge in [0.2, 0.25) is 5.91 Å². The molecule has 2 rings (SSSR count). The Hall–Kier alpha value is -1.65. The molecule has 0 bridgehead atoms. The first-order chi connectivity index (χ1) is 11.1. The van der Waals surface area contributed by atoms with E-state index in [2.05, 4.69) is 58.6 Å². The lowest BCUT2D eigenvalue weighted by molar-refractivity contribution is -0.120. The molecule has 2 aromatic carbocycles. The fraction of sp³-hybridized carbons (Fsp3) is 0.316. The van der Waals surface area contributed by atoms with Crippen molar-refractivity contribution < 1.29 is 4.79 Å². The lowest BCUT2D eigenvalue weighted by Crippen LogP contribution is -2.35. The third kappa shape index (κ3) is 5.48. The van der Waals surface area contributed by atoms with E-state index in [-0.39, 0.29) is 11.9 Å². The van der Waals surface area contributed by atoms with Crippen molar-refractivity contribution in [3.05, 3.63) is 69.7 Å². The Balaban J connectivity index is 1.83. The van der Waals surface area contributed by atoms with Crippen molar-refractivity contribution >= 4 is 21.8 Å². The number of amides is 1. The van der Waals surface area contributed by atoms with Crippen molar-refractivity contribution in [1.82, 2.24) is 10.6 Å². The number of halogens is 1. The van der Waals surface area contributed by atoms with Gasteiger partial charge in [0.05, 0.1) is 6.54 Å². The number of rotatable bonds is 7. The fourth-order valence-electron chi connectivity index (χ4n) is 2.47. The molecule has 4 heteroatoms. The minimum Gasteiger partial charge on any atom is -0.351 e. The first kappa shape index (κ1) is 17.7. The fourth-order valence-corrected chi connectivity index (χ4v) is 2.74. The van der Waals surface area contributed by atoms with E-state index in [0.29, 0.717) is 13.1 Å². The van der Waals surface area contributed by atoms with Gasteiger partial charge in [-0.2, -0.15) is 0 Å². The highest BCUT2D eigenvalue weighted by molar-refractivity contribution is 9.10. The SMILES string of the molecule is CC[C@H](NCC(=O)NCc1ccccc1C)c1ccc(Br)cc1. The Morgan fingerprint density at radius 3 is 2.48 bits per heavy atom. The van der Waals surface area contributed by atoms with E-state index in [9.17, 15) is 4.79 Å². The summed E-state index contributed by atoms with van der Waals surface area (Å²) in [4.78, 5) is 12.1. The number of carbonyl (C=O) groups is 1. The molecule has 0 fully saturated rings. The Morgan fingerprint density at radius 2 is 1.83 bits per heavy atom. The van der Waals surface area contributed by atoms with E-state index >= 15 is 0 Å². The van der Waals surface area contributed by atoms with Crippen molar-refractivity contribution in [2.75, 3.05) is 6.54 Å². The van der Waals surface area contributed by atoms with Crippen LogP contribution in [-0.2, 0) is 11.3 Å². The molecule has 2 N–H and O–H groups in total. The largest absolute Gasteiger partial charge is 0.351 e. The van der Waals surface area contributed by atoms with E-state index in [4.69, 9.17) is 0 Å². The molecule has 0 heterocycles. The van der Waals surface area contributed by atoms with E-state index in [0.717, 1.165) is 16.5 Å². The molecule has 0 unspecified atom stereocenters. The van der Waals surface area contributed by atoms with E-state index in [1.54, 1.807) is 0 Å². The second-order valence-electron chi connectivity index (χ2n) is 5.60. The van der Waals surface area contributed by atoms with Gasteiger partial charge in [0, 0.05) is 17.1 Å². The molecule has 2 aromatic rings. The molecular weight excluding hydrogens is 352 g/mol. The second-order valence-corrected chi connectivity index (χ2v) is 6.51. The molecule has 0 aliphatic rings. The van der Waals surface area contributed by atoms with Gasteiger partial charge < -0.3 is 10.6 Å². The summed E-state index contributed by atoms with van der Waals surface area (Å²) < 4.78 is 1.06. The third-order valence-electron chi connectivity index (χ3n) is 3.93. The number of aryl methyl sites for hydroxylation is 1. The number of hydrogen-bond acceptors (Lipinski definition) is 2. The minimum absolute atomic E-state index is 0.0174. The summed E-state index contributed by atoms with van der Waals surface area (Å²) in [5.41, 5.74) is 3.55. The highest BCUT2D eigenvalue weighted by atomic mass is 79.9. The summed E-state index contributed by atoms with van der Waals surface area (Å²) in [7, 11) is 0. The minimum atomic E-state index is 0.0174. The summed E-state index contributed by atoms with van der Waals surface area (Å²) in [6.07, 6.45) is 0.937. The maximum Gasteiger partial charge on any atom is 0.234 e. The Morgan fingerprint density at radius 1 is 1.13 bits per heavy atom. The first-order valence-corrected chi connectivity index (χ1v) is 8.69. The van der Waals surface area contributed by atoms with Crippen LogP contribution in [0.25, 0.3) is 0 Å². The molecule has 0 radical (unpaired) electrons. The van der Waals surface area contributed by atoms with Gasteiger partial charge in [-0.3, -0.25) is 4.79 Å². The Bertz CT molecular complexity index is 640. The molecule has 0 aliphatic heterocycles. The second kappa shape index (κ2) is 8.85. The van der Waals surface area contributed by atoms with E-state index in [1.165, 1.54) is 11.1 Å². The predicted octanol–water partition coefficient (Wildman–Crippen LogP) is 4.11. The van der Waals surface area contributed by atoms with Crippen LogP contribution in [0.15, 0.2) is 53.0 Å². The van der Waals surface area contributed by atoms with E-state index < -0.39 is 0 Å². The molecule has 3 nitrogen and oxygen atoms in total. The average Bonchev–Trinajstić information content (AvgIpc) is 2.56. The van der Waals surface area contributed by atoms with Crippen LogP contribution in [0.2, 0.25) is 0 Å². The van der Waals surface area contributed by atoms with Gasteiger partial charge >= 0.3 is 0 Å². The highest BCUT2D eigenvalue weighted by Crippen LogP contribution is 2.19. The van der Waals surface area contributed by atoms with Crippen LogP contribution in [0.1, 0.15) is 36.1 Å². The monoisotopic (exact) mass is 374 g/mol. The van der Waals surface area contributed by atoms with Gasteiger partial charge in [-0.25, -0.2) is 0 Å². The highest BCUT2D eigenvalue weighted by Gasteiger charge is 2.10. The predicted molar refractivity (Wildman–Crippen MR) is 98.2 cm³/mol. The Labute approximate surface area is 146 Å². The van der Waals surface area contributed by atoms with Crippen molar-refractivity contribution in [3.63, 3.8) is 0 Å². The summed E-state index contributed by atoms with van der Waals surface area (Å²) in [6.45, 7) is 5.06. The zero-order chi connectivity index (χ0) is 16.7. The molecule has 0 saturated carbocycles. The Kier molecular flexibility index (Phi) is 6.81. The van der Waals surface area contributed by atoms with Crippen LogP contribution < -0.4 is 10.6 Å². The molecule has 23 heavy (non-hydrogen) atoms. The maximum absolute atomic E-state index is 12.1. The molecule has 0 aromatic heterocycles. The number of nitrogens with one attached hydrogen (secondary N) is 2. The molecule has 1 atom stereocenters. The van der Waals surface area contributed by atoms with Crippen LogP contribution >= 0.6 is 15.9 Å². The summed E-state index contributed by atoms with van der Waals surface area (Å²) in [6, 6.07) is 16.5. The van der Waals surface area contributed by atoms with Crippen molar-refractivity contribution in [2.24, 2.45) is 0 Å². The molecule has 0 spiro atoms. The van der Waals surface area contributed by atoms with Gasteiger partial charge in [0.15, 0.2) is 0 Å². The van der Waals surface area contributed by atoms with Crippen LogP contribution in [0.5, 0.6) is 0 Å². The van der Waals surface area contributed by atoms with Gasteiger partial charge in [-0.05, 0) is 42.2 Å². The van der Waals surface area contributed by atoms with Crippen LogP contribution in [0.3, 0.4) is 0 Å². The summed E-state index contributed by atoms with van der Waals surface area (Å²) in [5, 5.41) is 6.30. The van der Waals surface area contributed by atoms with Crippen molar-refractivity contribution in [2.45, 2.75) is 32.9 Å². The average molecular weight is 375 g/mol. The van der Waals surface area contributed by atoms with Crippen molar-refractivity contribution in [1.29, 1.82) is 0 Å². The van der Waals surface area contributed by atoms with Crippen LogP contribution in [-0.4, -0.2) is 12.5 Å². The first-order valence-electron chi connectivity index (χ1n) is 7.90. The summed E-state index contributed by atoms with van der Waals surface area (Å²) >= 11 is 3.44. The number of carbonyl (C=O) groups excluding carboxylic acids is 1. The molecular formula is C19H23BrN2O. The normalized spacial score (nSPS) is 12.0. The maximum atomic E-state index is 12.1. The molecule has 0 saturated heterocycles. The zero-order valence-corrected chi connectivity index (χ0v) is 15.2. The van der Waals surface area contributed by atoms with Crippen LogP contribution in [0.4, 0.5) is 0 Å². The topological polar surface area (TPSA) is 41.1 Å². The van der Waals surface area contributed by atoms with Crippen molar-refractivity contribution in [3.8, 4) is 0 Å². The van der Waals surface area contributed by atoms with Gasteiger partial charge in [0.25, 0.3) is 0 Å².